The standard InChI is InChI=1S/C16H18N2OS/c1-2-10-18-15(13-9-6-11-20-13)17-14(16(18)19)12-7-4-3-5-8-12/h3-9,11,14-15,17H,2,10H2,1H3. The van der Waals surface area contributed by atoms with E-state index in [1.807, 2.05) is 41.3 Å². The lowest BCUT2D eigenvalue weighted by Gasteiger charge is -2.22. The third-order valence-electron chi connectivity index (χ3n) is 3.58. The van der Waals surface area contributed by atoms with Gasteiger partial charge in [-0.1, -0.05) is 43.3 Å². The second-order valence-corrected chi connectivity index (χ2v) is 5.94. The summed E-state index contributed by atoms with van der Waals surface area (Å²) in [4.78, 5) is 15.8. The van der Waals surface area contributed by atoms with Gasteiger partial charge in [-0.25, -0.2) is 0 Å². The van der Waals surface area contributed by atoms with Crippen molar-refractivity contribution in [1.29, 1.82) is 0 Å². The Bertz CT molecular complexity index is 567. The van der Waals surface area contributed by atoms with Gasteiger partial charge < -0.3 is 4.90 Å². The van der Waals surface area contributed by atoms with Crippen molar-refractivity contribution in [2.45, 2.75) is 25.6 Å². The number of nitrogens with zero attached hydrogens (tertiary/aromatic N) is 1. The Balaban J connectivity index is 1.91. The van der Waals surface area contributed by atoms with Crippen molar-refractivity contribution in [2.75, 3.05) is 6.54 Å². The fourth-order valence-corrected chi connectivity index (χ4v) is 3.45. The molecule has 1 aromatic heterocycles. The van der Waals surface area contributed by atoms with Crippen LogP contribution in [0, 0.1) is 0 Å². The smallest absolute Gasteiger partial charge is 0.245 e. The normalized spacial score (nSPS) is 22.4. The zero-order chi connectivity index (χ0) is 13.9. The Kier molecular flexibility index (Phi) is 3.85. The minimum absolute atomic E-state index is 0.00709. The summed E-state index contributed by atoms with van der Waals surface area (Å²) < 4.78 is 0. The SMILES string of the molecule is CCCN1C(=O)C(c2ccccc2)NC1c1cccs1. The van der Waals surface area contributed by atoms with Crippen molar-refractivity contribution in [3.63, 3.8) is 0 Å². The van der Waals surface area contributed by atoms with Crippen molar-refractivity contribution in [3.8, 4) is 0 Å². The summed E-state index contributed by atoms with van der Waals surface area (Å²) in [7, 11) is 0. The van der Waals surface area contributed by atoms with E-state index in [0.29, 0.717) is 0 Å². The third-order valence-corrected chi connectivity index (χ3v) is 4.50. The number of carbonyl (C=O) groups excluding carboxylic acids is 1. The van der Waals surface area contributed by atoms with Gasteiger partial charge in [0.2, 0.25) is 5.91 Å². The Hall–Kier alpha value is -1.65. The predicted molar refractivity (Wildman–Crippen MR) is 81.4 cm³/mol. The van der Waals surface area contributed by atoms with Gasteiger partial charge in [0, 0.05) is 11.4 Å². The van der Waals surface area contributed by atoms with Crippen LogP contribution < -0.4 is 5.32 Å². The number of benzene rings is 1. The molecule has 1 aliphatic heterocycles. The number of rotatable bonds is 4. The molecule has 1 saturated heterocycles. The van der Waals surface area contributed by atoms with E-state index < -0.39 is 0 Å². The van der Waals surface area contributed by atoms with Crippen LogP contribution in [0.4, 0.5) is 0 Å². The van der Waals surface area contributed by atoms with Crippen LogP contribution >= 0.6 is 11.3 Å². The second kappa shape index (κ2) is 5.77. The maximum absolute atomic E-state index is 12.7. The van der Waals surface area contributed by atoms with E-state index in [1.165, 1.54) is 4.88 Å². The molecular weight excluding hydrogens is 268 g/mol. The quantitative estimate of drug-likeness (QED) is 0.935. The van der Waals surface area contributed by atoms with E-state index in [-0.39, 0.29) is 18.1 Å². The fraction of sp³-hybridized carbons (Fsp3) is 0.312. The molecule has 3 nitrogen and oxygen atoms in total. The molecule has 2 aromatic rings. The zero-order valence-electron chi connectivity index (χ0n) is 11.5. The molecule has 1 N–H and O–H groups in total. The number of nitrogens with one attached hydrogen (secondary N) is 1. The van der Waals surface area contributed by atoms with Crippen LogP contribution in [0.15, 0.2) is 47.8 Å². The molecule has 1 fully saturated rings. The van der Waals surface area contributed by atoms with Crippen LogP contribution in [0.2, 0.25) is 0 Å². The zero-order valence-corrected chi connectivity index (χ0v) is 12.3. The molecule has 0 saturated carbocycles. The Morgan fingerprint density at radius 2 is 2.00 bits per heavy atom. The molecule has 0 aliphatic carbocycles. The topological polar surface area (TPSA) is 32.3 Å². The molecule has 3 rings (SSSR count). The highest BCUT2D eigenvalue weighted by Crippen LogP contribution is 2.34. The molecule has 1 aliphatic rings. The number of carbonyl (C=O) groups is 1. The van der Waals surface area contributed by atoms with E-state index in [1.54, 1.807) is 11.3 Å². The van der Waals surface area contributed by atoms with Crippen molar-refractivity contribution >= 4 is 17.2 Å². The summed E-state index contributed by atoms with van der Waals surface area (Å²) in [6.45, 7) is 2.90. The van der Waals surface area contributed by atoms with Gasteiger partial charge in [-0.05, 0) is 23.4 Å². The minimum atomic E-state index is -0.227. The summed E-state index contributed by atoms with van der Waals surface area (Å²) in [5.41, 5.74) is 1.04. The van der Waals surface area contributed by atoms with E-state index >= 15 is 0 Å². The first-order chi connectivity index (χ1) is 9.81. The van der Waals surface area contributed by atoms with Gasteiger partial charge in [-0.3, -0.25) is 10.1 Å². The van der Waals surface area contributed by atoms with Crippen molar-refractivity contribution in [3.05, 3.63) is 58.3 Å². The van der Waals surface area contributed by atoms with Gasteiger partial charge in [0.25, 0.3) is 0 Å². The molecule has 2 unspecified atom stereocenters. The maximum atomic E-state index is 12.7. The average molecular weight is 286 g/mol. The summed E-state index contributed by atoms with van der Waals surface area (Å²) in [5, 5.41) is 5.54. The molecule has 2 atom stereocenters. The maximum Gasteiger partial charge on any atom is 0.245 e. The monoisotopic (exact) mass is 286 g/mol. The molecule has 0 bridgehead atoms. The number of amides is 1. The average Bonchev–Trinajstić information content (AvgIpc) is 3.10. The van der Waals surface area contributed by atoms with Crippen molar-refractivity contribution in [2.24, 2.45) is 0 Å². The highest BCUT2D eigenvalue weighted by molar-refractivity contribution is 7.10. The van der Waals surface area contributed by atoms with Gasteiger partial charge in [0.15, 0.2) is 0 Å². The van der Waals surface area contributed by atoms with E-state index in [2.05, 4.69) is 23.7 Å². The van der Waals surface area contributed by atoms with Crippen LogP contribution in [0.25, 0.3) is 0 Å². The van der Waals surface area contributed by atoms with E-state index in [0.717, 1.165) is 18.5 Å². The molecule has 4 heteroatoms. The van der Waals surface area contributed by atoms with Crippen molar-refractivity contribution < 1.29 is 4.79 Å². The minimum Gasteiger partial charge on any atom is -0.320 e. The second-order valence-electron chi connectivity index (χ2n) is 4.96. The summed E-state index contributed by atoms with van der Waals surface area (Å²) >= 11 is 1.69. The number of thiophene rings is 1. The lowest BCUT2D eigenvalue weighted by molar-refractivity contribution is -0.130. The molecule has 0 spiro atoms. The molecule has 2 heterocycles. The van der Waals surface area contributed by atoms with Gasteiger partial charge in [-0.2, -0.15) is 0 Å². The molecule has 104 valence electrons. The van der Waals surface area contributed by atoms with Gasteiger partial charge in [-0.15, -0.1) is 11.3 Å². The third kappa shape index (κ3) is 2.37. The molecule has 1 aromatic carbocycles. The Labute approximate surface area is 123 Å². The number of hydrogen-bond acceptors (Lipinski definition) is 3. The fourth-order valence-electron chi connectivity index (χ4n) is 2.66. The van der Waals surface area contributed by atoms with Crippen LogP contribution in [-0.4, -0.2) is 17.4 Å². The highest BCUT2D eigenvalue weighted by atomic mass is 32.1. The lowest BCUT2D eigenvalue weighted by atomic mass is 10.1. The summed E-state index contributed by atoms with van der Waals surface area (Å²) in [5.74, 6) is 0.177. The Morgan fingerprint density at radius 1 is 1.20 bits per heavy atom. The van der Waals surface area contributed by atoms with E-state index in [4.69, 9.17) is 0 Å². The first kappa shape index (κ1) is 13.3. The van der Waals surface area contributed by atoms with Crippen LogP contribution in [0.5, 0.6) is 0 Å². The highest BCUT2D eigenvalue weighted by Gasteiger charge is 2.40. The molecule has 0 radical (unpaired) electrons. The first-order valence-electron chi connectivity index (χ1n) is 6.96. The van der Waals surface area contributed by atoms with Crippen LogP contribution in [-0.2, 0) is 4.79 Å². The lowest BCUT2D eigenvalue weighted by Crippen LogP contribution is -2.30. The predicted octanol–water partition coefficient (Wildman–Crippen LogP) is 3.33. The largest absolute Gasteiger partial charge is 0.320 e. The van der Waals surface area contributed by atoms with Gasteiger partial charge in [0.05, 0.1) is 0 Å². The molecule has 1 amide bonds. The first-order valence-corrected chi connectivity index (χ1v) is 7.84. The van der Waals surface area contributed by atoms with E-state index in [9.17, 15) is 4.79 Å². The van der Waals surface area contributed by atoms with Gasteiger partial charge >= 0.3 is 0 Å². The molecular formula is C16H18N2OS. The molecule has 20 heavy (non-hydrogen) atoms. The number of hydrogen-bond donors (Lipinski definition) is 1. The Morgan fingerprint density at radius 3 is 2.65 bits per heavy atom. The summed E-state index contributed by atoms with van der Waals surface area (Å²) in [6, 6.07) is 13.9. The summed E-state index contributed by atoms with van der Waals surface area (Å²) in [6.07, 6.45) is 0.976. The van der Waals surface area contributed by atoms with Crippen molar-refractivity contribution in [1.82, 2.24) is 10.2 Å². The van der Waals surface area contributed by atoms with Crippen LogP contribution in [0.3, 0.4) is 0 Å². The van der Waals surface area contributed by atoms with Crippen LogP contribution in [0.1, 0.15) is 36.0 Å². The van der Waals surface area contributed by atoms with Gasteiger partial charge in [0.1, 0.15) is 12.2 Å².